The molecule has 2 aromatic carbocycles. The molecule has 1 unspecified atom stereocenters. The van der Waals surface area contributed by atoms with E-state index in [0.717, 1.165) is 11.1 Å². The molecule has 1 aromatic heterocycles. The third kappa shape index (κ3) is 5.69. The highest BCUT2D eigenvalue weighted by molar-refractivity contribution is 6.05. The molecular formula is C29H32N4O4. The summed E-state index contributed by atoms with van der Waals surface area (Å²) in [5, 5.41) is 0. The number of carbonyl (C=O) groups excluding carboxylic acids is 3. The smallest absolute Gasteiger partial charge is 0.342 e. The van der Waals surface area contributed by atoms with Gasteiger partial charge in [-0.2, -0.15) is 0 Å². The molecule has 1 atom stereocenters. The van der Waals surface area contributed by atoms with E-state index in [9.17, 15) is 14.4 Å². The lowest BCUT2D eigenvalue weighted by Crippen LogP contribution is -2.56. The summed E-state index contributed by atoms with van der Waals surface area (Å²) < 4.78 is 5.03. The van der Waals surface area contributed by atoms with Gasteiger partial charge < -0.3 is 14.5 Å². The summed E-state index contributed by atoms with van der Waals surface area (Å²) in [5.41, 5.74) is 2.29. The van der Waals surface area contributed by atoms with Crippen molar-refractivity contribution in [2.45, 2.75) is 39.2 Å². The Kier molecular flexibility index (Phi) is 7.96. The topological polar surface area (TPSA) is 92.7 Å². The van der Waals surface area contributed by atoms with Gasteiger partial charge >= 0.3 is 5.97 Å². The molecule has 0 spiro atoms. The average molecular weight is 501 g/mol. The fourth-order valence-corrected chi connectivity index (χ4v) is 4.60. The van der Waals surface area contributed by atoms with Crippen molar-refractivity contribution in [3.8, 4) is 11.4 Å². The summed E-state index contributed by atoms with van der Waals surface area (Å²) in [5.74, 6) is -0.751. The molecule has 2 amide bonds. The fraction of sp³-hybridized carbons (Fsp3) is 0.345. The lowest BCUT2D eigenvalue weighted by molar-refractivity contribution is -0.134. The SMILES string of the molecule is COC(=O)c1c(C(=O)N2CCN(C(=O)Cc3ccccc3)C(C)C2)nc(-c2ccccc2)nc1C(C)C. The third-order valence-electron chi connectivity index (χ3n) is 6.54. The van der Waals surface area contributed by atoms with Gasteiger partial charge in [0, 0.05) is 31.2 Å². The minimum Gasteiger partial charge on any atom is -0.465 e. The molecule has 8 heteroatoms. The highest BCUT2D eigenvalue weighted by Crippen LogP contribution is 2.27. The number of rotatable bonds is 6. The number of hydrogen-bond donors (Lipinski definition) is 0. The van der Waals surface area contributed by atoms with Crippen LogP contribution in [0.4, 0.5) is 0 Å². The van der Waals surface area contributed by atoms with Crippen LogP contribution in [0, 0.1) is 0 Å². The molecule has 1 aliphatic heterocycles. The Hall–Kier alpha value is -4.07. The van der Waals surface area contributed by atoms with E-state index in [4.69, 9.17) is 4.74 Å². The Morgan fingerprint density at radius 1 is 0.973 bits per heavy atom. The Morgan fingerprint density at radius 2 is 1.62 bits per heavy atom. The van der Waals surface area contributed by atoms with Gasteiger partial charge in [-0.1, -0.05) is 74.5 Å². The summed E-state index contributed by atoms with van der Waals surface area (Å²) in [6, 6.07) is 18.8. The largest absolute Gasteiger partial charge is 0.465 e. The Bertz CT molecular complexity index is 1280. The van der Waals surface area contributed by atoms with Crippen LogP contribution in [0.1, 0.15) is 58.8 Å². The maximum absolute atomic E-state index is 13.8. The fourth-order valence-electron chi connectivity index (χ4n) is 4.60. The molecule has 4 rings (SSSR count). The van der Waals surface area contributed by atoms with Crippen molar-refractivity contribution < 1.29 is 19.1 Å². The second-order valence-corrected chi connectivity index (χ2v) is 9.52. The first-order valence-electron chi connectivity index (χ1n) is 12.5. The summed E-state index contributed by atoms with van der Waals surface area (Å²) in [4.78, 5) is 52.4. The second kappa shape index (κ2) is 11.3. The summed E-state index contributed by atoms with van der Waals surface area (Å²) in [6.45, 7) is 6.83. The van der Waals surface area contributed by atoms with Gasteiger partial charge in [-0.05, 0) is 18.4 Å². The molecule has 37 heavy (non-hydrogen) atoms. The van der Waals surface area contributed by atoms with Crippen molar-refractivity contribution in [2.75, 3.05) is 26.7 Å². The van der Waals surface area contributed by atoms with Gasteiger partial charge in [0.15, 0.2) is 5.82 Å². The van der Waals surface area contributed by atoms with Crippen molar-refractivity contribution in [1.29, 1.82) is 0 Å². The zero-order valence-electron chi connectivity index (χ0n) is 21.7. The number of methoxy groups -OCH3 is 1. The van der Waals surface area contributed by atoms with Crippen LogP contribution in [0.5, 0.6) is 0 Å². The van der Waals surface area contributed by atoms with E-state index in [-0.39, 0.29) is 35.0 Å². The van der Waals surface area contributed by atoms with Gasteiger partial charge in [-0.3, -0.25) is 9.59 Å². The van der Waals surface area contributed by atoms with E-state index in [1.807, 2.05) is 86.3 Å². The lowest BCUT2D eigenvalue weighted by atomic mass is 10.00. The molecule has 1 aliphatic rings. The van der Waals surface area contributed by atoms with Crippen LogP contribution < -0.4 is 0 Å². The molecule has 2 heterocycles. The van der Waals surface area contributed by atoms with Gasteiger partial charge in [0.1, 0.15) is 11.3 Å². The highest BCUT2D eigenvalue weighted by Gasteiger charge is 2.34. The zero-order valence-corrected chi connectivity index (χ0v) is 21.7. The predicted octanol–water partition coefficient (Wildman–Crippen LogP) is 3.97. The van der Waals surface area contributed by atoms with Crippen molar-refractivity contribution in [1.82, 2.24) is 19.8 Å². The Morgan fingerprint density at radius 3 is 2.22 bits per heavy atom. The number of aromatic nitrogens is 2. The van der Waals surface area contributed by atoms with Crippen LogP contribution in [-0.4, -0.2) is 70.3 Å². The van der Waals surface area contributed by atoms with Crippen molar-refractivity contribution in [3.05, 3.63) is 83.2 Å². The van der Waals surface area contributed by atoms with Crippen LogP contribution >= 0.6 is 0 Å². The number of amides is 2. The number of ether oxygens (including phenoxy) is 1. The minimum atomic E-state index is -0.642. The van der Waals surface area contributed by atoms with Gasteiger partial charge in [-0.25, -0.2) is 14.8 Å². The van der Waals surface area contributed by atoms with E-state index in [1.165, 1.54) is 7.11 Å². The highest BCUT2D eigenvalue weighted by atomic mass is 16.5. The summed E-state index contributed by atoms with van der Waals surface area (Å²) in [6.07, 6.45) is 0.315. The quantitative estimate of drug-likeness (QED) is 0.476. The monoisotopic (exact) mass is 500 g/mol. The average Bonchev–Trinajstić information content (AvgIpc) is 2.92. The lowest BCUT2D eigenvalue weighted by Gasteiger charge is -2.40. The number of hydrogen-bond acceptors (Lipinski definition) is 6. The van der Waals surface area contributed by atoms with Crippen molar-refractivity contribution in [3.63, 3.8) is 0 Å². The first-order chi connectivity index (χ1) is 17.8. The first-order valence-corrected chi connectivity index (χ1v) is 12.5. The van der Waals surface area contributed by atoms with Gasteiger partial charge in [0.2, 0.25) is 5.91 Å². The maximum atomic E-state index is 13.8. The van der Waals surface area contributed by atoms with E-state index in [0.29, 0.717) is 37.6 Å². The van der Waals surface area contributed by atoms with Crippen molar-refractivity contribution in [2.24, 2.45) is 0 Å². The maximum Gasteiger partial charge on any atom is 0.342 e. The molecule has 8 nitrogen and oxygen atoms in total. The standard InChI is InChI=1S/C29H32N4O4/c1-19(2)25-24(29(36)37-4)26(31-27(30-25)22-13-9-6-10-14-22)28(35)32-15-16-33(20(3)18-32)23(34)17-21-11-7-5-8-12-21/h5-14,19-20H,15-18H2,1-4H3. The number of carbonyl (C=O) groups is 3. The van der Waals surface area contributed by atoms with Gasteiger partial charge in [-0.15, -0.1) is 0 Å². The van der Waals surface area contributed by atoms with Crippen molar-refractivity contribution >= 4 is 17.8 Å². The second-order valence-electron chi connectivity index (χ2n) is 9.52. The van der Waals surface area contributed by atoms with Gasteiger partial charge in [0.05, 0.1) is 19.2 Å². The van der Waals surface area contributed by atoms with Crippen LogP contribution in [0.15, 0.2) is 60.7 Å². The van der Waals surface area contributed by atoms with Crippen LogP contribution in [0.3, 0.4) is 0 Å². The minimum absolute atomic E-state index is 0.0246. The molecule has 0 aliphatic carbocycles. The molecule has 0 N–H and O–H groups in total. The number of esters is 1. The van der Waals surface area contributed by atoms with E-state index in [2.05, 4.69) is 9.97 Å². The summed E-state index contributed by atoms with van der Waals surface area (Å²) in [7, 11) is 1.28. The van der Waals surface area contributed by atoms with E-state index in [1.54, 1.807) is 4.90 Å². The summed E-state index contributed by atoms with van der Waals surface area (Å²) >= 11 is 0. The Balaban J connectivity index is 1.63. The molecular weight excluding hydrogens is 468 g/mol. The first kappa shape index (κ1) is 26.0. The molecule has 1 saturated heterocycles. The zero-order chi connectivity index (χ0) is 26.5. The normalized spacial score (nSPS) is 15.5. The van der Waals surface area contributed by atoms with Crippen LogP contribution in [-0.2, 0) is 16.0 Å². The Labute approximate surface area is 217 Å². The molecule has 3 aromatic rings. The van der Waals surface area contributed by atoms with Crippen LogP contribution in [0.2, 0.25) is 0 Å². The molecule has 0 bridgehead atoms. The van der Waals surface area contributed by atoms with Gasteiger partial charge in [0.25, 0.3) is 5.91 Å². The number of nitrogens with zero attached hydrogens (tertiary/aromatic N) is 4. The molecule has 0 saturated carbocycles. The molecule has 1 fully saturated rings. The molecule has 192 valence electrons. The predicted molar refractivity (Wildman–Crippen MR) is 140 cm³/mol. The van der Waals surface area contributed by atoms with Crippen LogP contribution in [0.25, 0.3) is 11.4 Å². The van der Waals surface area contributed by atoms with E-state index >= 15 is 0 Å². The number of piperazine rings is 1. The molecule has 0 radical (unpaired) electrons. The third-order valence-corrected chi connectivity index (χ3v) is 6.54. The van der Waals surface area contributed by atoms with E-state index < -0.39 is 5.97 Å². The number of benzene rings is 2.